The Morgan fingerprint density at radius 1 is 1.14 bits per heavy atom. The minimum Gasteiger partial charge on any atom is -0.508 e. The van der Waals surface area contributed by atoms with E-state index in [1.165, 1.54) is 17.0 Å². The van der Waals surface area contributed by atoms with Crippen LogP contribution in [0.2, 0.25) is 0 Å². The third-order valence-electron chi connectivity index (χ3n) is 6.64. The third-order valence-corrected chi connectivity index (χ3v) is 6.64. The predicted octanol–water partition coefficient (Wildman–Crippen LogP) is -0.381. The number of nitrogens with one attached hydrogen (secondary N) is 2. The molecule has 1 heterocycles. The number of phenolic OH excluding ortho intramolecular Hbond substituents is 1. The second-order valence-corrected chi connectivity index (χ2v) is 9.44. The number of carboxylic acid groups (broad SMARTS) is 1. The first kappa shape index (κ1) is 29.6. The van der Waals surface area contributed by atoms with Crippen LogP contribution in [0, 0.1) is 5.92 Å². The lowest BCUT2D eigenvalue weighted by molar-refractivity contribution is -0.144. The summed E-state index contributed by atoms with van der Waals surface area (Å²) >= 11 is 0. The Morgan fingerprint density at radius 2 is 1.78 bits per heavy atom. The zero-order valence-corrected chi connectivity index (χ0v) is 21.2. The summed E-state index contributed by atoms with van der Waals surface area (Å²) in [5.74, 6) is -3.82. The maximum Gasteiger partial charge on any atom is 0.326 e. The number of nitrogens with two attached hydrogens (primary N) is 2. The Morgan fingerprint density at radius 3 is 2.35 bits per heavy atom. The molecule has 1 fully saturated rings. The maximum atomic E-state index is 13.3. The molecule has 0 saturated carbocycles. The van der Waals surface area contributed by atoms with Crippen LogP contribution in [-0.2, 0) is 30.4 Å². The van der Waals surface area contributed by atoms with Crippen LogP contribution in [0.3, 0.4) is 0 Å². The number of aliphatic carboxylic acids is 1. The number of hydrogen-bond acceptors (Lipinski definition) is 7. The zero-order valence-electron chi connectivity index (χ0n) is 21.2. The SMILES string of the molecule is CCC(C)C(NC(=O)C(Cc1ccc(O)cc1)NC(=O)C1CCCN1C(=O)C(N)CCC(N)=O)C(=O)O. The summed E-state index contributed by atoms with van der Waals surface area (Å²) in [6.45, 7) is 3.81. The molecule has 1 aromatic carbocycles. The fourth-order valence-electron chi connectivity index (χ4n) is 4.22. The lowest BCUT2D eigenvalue weighted by Gasteiger charge is -2.29. The van der Waals surface area contributed by atoms with E-state index in [0.29, 0.717) is 31.4 Å². The van der Waals surface area contributed by atoms with Gasteiger partial charge in [0.15, 0.2) is 0 Å². The van der Waals surface area contributed by atoms with Crippen LogP contribution in [0.25, 0.3) is 0 Å². The van der Waals surface area contributed by atoms with Crippen molar-refractivity contribution in [2.45, 2.75) is 76.5 Å². The van der Waals surface area contributed by atoms with Gasteiger partial charge in [0.05, 0.1) is 6.04 Å². The molecule has 5 atom stereocenters. The van der Waals surface area contributed by atoms with Crippen molar-refractivity contribution in [3.05, 3.63) is 29.8 Å². The van der Waals surface area contributed by atoms with Gasteiger partial charge in [-0.2, -0.15) is 0 Å². The summed E-state index contributed by atoms with van der Waals surface area (Å²) in [7, 11) is 0. The van der Waals surface area contributed by atoms with Crippen molar-refractivity contribution in [1.82, 2.24) is 15.5 Å². The van der Waals surface area contributed by atoms with Crippen molar-refractivity contribution in [3.63, 3.8) is 0 Å². The average Bonchev–Trinajstić information content (AvgIpc) is 3.35. The van der Waals surface area contributed by atoms with E-state index >= 15 is 0 Å². The van der Waals surface area contributed by atoms with Gasteiger partial charge < -0.3 is 37.2 Å². The number of nitrogens with zero attached hydrogens (tertiary/aromatic N) is 1. The standard InChI is InChI=1S/C25H37N5O7/c1-3-14(2)21(25(36)37)29-22(33)18(13-15-6-8-16(31)9-7-15)28-23(34)19-5-4-12-30(19)24(35)17(26)10-11-20(27)32/h6-9,14,17-19,21,31H,3-5,10-13,26H2,1-2H3,(H2,27,32)(H,28,34)(H,29,33)(H,36,37). The number of benzene rings is 1. The Kier molecular flexibility index (Phi) is 10.9. The summed E-state index contributed by atoms with van der Waals surface area (Å²) in [5.41, 5.74) is 11.7. The highest BCUT2D eigenvalue weighted by molar-refractivity contribution is 5.94. The van der Waals surface area contributed by atoms with E-state index in [1.807, 2.05) is 6.92 Å². The highest BCUT2D eigenvalue weighted by Crippen LogP contribution is 2.20. The number of amides is 4. The molecular formula is C25H37N5O7. The third kappa shape index (κ3) is 8.45. The number of rotatable bonds is 13. The molecule has 2 rings (SSSR count). The Hall–Kier alpha value is -3.67. The van der Waals surface area contributed by atoms with Gasteiger partial charge in [-0.05, 0) is 42.9 Å². The fourth-order valence-corrected chi connectivity index (χ4v) is 4.22. The zero-order chi connectivity index (χ0) is 27.7. The van der Waals surface area contributed by atoms with E-state index in [9.17, 15) is 34.2 Å². The van der Waals surface area contributed by atoms with Crippen molar-refractivity contribution in [2.75, 3.05) is 6.54 Å². The smallest absolute Gasteiger partial charge is 0.326 e. The van der Waals surface area contributed by atoms with Crippen LogP contribution in [-0.4, -0.2) is 75.4 Å². The van der Waals surface area contributed by atoms with Crippen molar-refractivity contribution in [3.8, 4) is 5.75 Å². The molecule has 8 N–H and O–H groups in total. The molecule has 5 unspecified atom stereocenters. The van der Waals surface area contributed by atoms with Crippen molar-refractivity contribution in [1.29, 1.82) is 0 Å². The highest BCUT2D eigenvalue weighted by atomic mass is 16.4. The van der Waals surface area contributed by atoms with E-state index in [1.54, 1.807) is 19.1 Å². The fraction of sp³-hybridized carbons (Fsp3) is 0.560. The van der Waals surface area contributed by atoms with Crippen LogP contribution in [0.1, 0.15) is 51.5 Å². The van der Waals surface area contributed by atoms with Crippen LogP contribution < -0.4 is 22.1 Å². The maximum absolute atomic E-state index is 13.3. The molecule has 37 heavy (non-hydrogen) atoms. The summed E-state index contributed by atoms with van der Waals surface area (Å²) in [6, 6.07) is 1.92. The quantitative estimate of drug-likeness (QED) is 0.202. The largest absolute Gasteiger partial charge is 0.508 e. The Labute approximate surface area is 215 Å². The summed E-state index contributed by atoms with van der Waals surface area (Å²) < 4.78 is 0. The number of primary amides is 1. The molecule has 1 aliphatic rings. The molecule has 1 saturated heterocycles. The lowest BCUT2D eigenvalue weighted by Crippen LogP contribution is -2.57. The molecule has 12 nitrogen and oxygen atoms in total. The number of carbonyl (C=O) groups excluding carboxylic acids is 4. The monoisotopic (exact) mass is 519 g/mol. The van der Waals surface area contributed by atoms with E-state index < -0.39 is 53.8 Å². The molecule has 0 spiro atoms. The highest BCUT2D eigenvalue weighted by Gasteiger charge is 2.38. The molecule has 0 aromatic heterocycles. The van der Waals surface area contributed by atoms with Crippen LogP contribution >= 0.6 is 0 Å². The number of carboxylic acids is 1. The van der Waals surface area contributed by atoms with Crippen molar-refractivity contribution in [2.24, 2.45) is 17.4 Å². The molecule has 1 aliphatic heterocycles. The number of likely N-dealkylation sites (tertiary alicyclic amines) is 1. The first-order valence-electron chi connectivity index (χ1n) is 12.4. The lowest BCUT2D eigenvalue weighted by atomic mass is 9.98. The number of carbonyl (C=O) groups is 5. The summed E-state index contributed by atoms with van der Waals surface area (Å²) in [5, 5.41) is 24.4. The summed E-state index contributed by atoms with van der Waals surface area (Å²) in [4.78, 5) is 63.4. The second-order valence-electron chi connectivity index (χ2n) is 9.44. The van der Waals surface area contributed by atoms with E-state index in [2.05, 4.69) is 10.6 Å². The molecule has 4 amide bonds. The molecule has 0 radical (unpaired) electrons. The van der Waals surface area contributed by atoms with E-state index in [4.69, 9.17) is 11.5 Å². The molecule has 1 aromatic rings. The van der Waals surface area contributed by atoms with Gasteiger partial charge in [0.1, 0.15) is 23.9 Å². The van der Waals surface area contributed by atoms with Gasteiger partial charge in [0, 0.05) is 19.4 Å². The molecule has 0 bridgehead atoms. The number of aromatic hydroxyl groups is 1. The van der Waals surface area contributed by atoms with Crippen molar-refractivity contribution >= 4 is 29.6 Å². The molecule has 204 valence electrons. The van der Waals surface area contributed by atoms with Gasteiger partial charge in [-0.25, -0.2) is 4.79 Å². The predicted molar refractivity (Wildman–Crippen MR) is 134 cm³/mol. The Bertz CT molecular complexity index is 984. The van der Waals surface area contributed by atoms with Gasteiger partial charge in [0.2, 0.25) is 23.6 Å². The van der Waals surface area contributed by atoms with Gasteiger partial charge in [0.25, 0.3) is 0 Å². The molecule has 0 aliphatic carbocycles. The van der Waals surface area contributed by atoms with Crippen LogP contribution in [0.5, 0.6) is 5.75 Å². The Balaban J connectivity index is 2.21. The molecular weight excluding hydrogens is 482 g/mol. The average molecular weight is 520 g/mol. The minimum absolute atomic E-state index is 0.0312. The first-order valence-corrected chi connectivity index (χ1v) is 12.4. The minimum atomic E-state index is -1.19. The van der Waals surface area contributed by atoms with Gasteiger partial charge in [-0.3, -0.25) is 19.2 Å². The topological polar surface area (TPSA) is 205 Å². The van der Waals surface area contributed by atoms with Gasteiger partial charge >= 0.3 is 5.97 Å². The van der Waals surface area contributed by atoms with Gasteiger partial charge in [-0.1, -0.05) is 32.4 Å². The number of hydrogen-bond donors (Lipinski definition) is 6. The first-order chi connectivity index (χ1) is 17.4. The number of phenols is 1. The van der Waals surface area contributed by atoms with Crippen molar-refractivity contribution < 1.29 is 34.2 Å². The van der Waals surface area contributed by atoms with Gasteiger partial charge in [-0.15, -0.1) is 0 Å². The van der Waals surface area contributed by atoms with E-state index in [0.717, 1.165) is 0 Å². The normalized spacial score (nSPS) is 18.4. The summed E-state index contributed by atoms with van der Waals surface area (Å²) in [6.07, 6.45) is 1.45. The van der Waals surface area contributed by atoms with Crippen LogP contribution in [0.4, 0.5) is 0 Å². The van der Waals surface area contributed by atoms with E-state index in [-0.39, 0.29) is 30.9 Å². The second kappa shape index (κ2) is 13.6. The molecule has 12 heteroatoms. The van der Waals surface area contributed by atoms with Crippen LogP contribution in [0.15, 0.2) is 24.3 Å².